The smallest absolute Gasteiger partial charge is 0.265 e. The number of aryl methyl sites for hydroxylation is 1. The summed E-state index contributed by atoms with van der Waals surface area (Å²) >= 11 is 0. The van der Waals surface area contributed by atoms with Crippen molar-refractivity contribution < 1.29 is 9.53 Å². The summed E-state index contributed by atoms with van der Waals surface area (Å²) in [5, 5.41) is 1.92. The van der Waals surface area contributed by atoms with Crippen LogP contribution in [-0.2, 0) is 11.2 Å². The molecule has 1 aliphatic rings. The molecule has 0 saturated carbocycles. The summed E-state index contributed by atoms with van der Waals surface area (Å²) in [6.07, 6.45) is 4.81. The molecule has 2 rings (SSSR count). The highest BCUT2D eigenvalue weighted by molar-refractivity contribution is 5.93. The fraction of sp³-hybridized carbons (Fsp3) is 0.562. The number of hydrogen-bond acceptors (Lipinski definition) is 3. The van der Waals surface area contributed by atoms with Crippen molar-refractivity contribution in [1.82, 2.24) is 10.4 Å². The van der Waals surface area contributed by atoms with E-state index in [1.54, 1.807) is 0 Å². The van der Waals surface area contributed by atoms with E-state index in [9.17, 15) is 4.79 Å². The van der Waals surface area contributed by atoms with Crippen LogP contribution in [0.15, 0.2) is 24.3 Å². The van der Waals surface area contributed by atoms with Crippen LogP contribution in [0.2, 0.25) is 0 Å². The average Bonchev–Trinajstić information content (AvgIpc) is 2.49. The quantitative estimate of drug-likeness (QED) is 0.811. The Morgan fingerprint density at radius 2 is 1.90 bits per heavy atom. The van der Waals surface area contributed by atoms with E-state index in [4.69, 9.17) is 4.74 Å². The van der Waals surface area contributed by atoms with E-state index in [0.29, 0.717) is 13.2 Å². The first kappa shape index (κ1) is 15.0. The molecule has 0 spiro atoms. The molecular formula is C16H24N2O2. The predicted molar refractivity (Wildman–Crippen MR) is 79.5 cm³/mol. The molecule has 0 bridgehead atoms. The minimum atomic E-state index is -0.0352. The lowest BCUT2D eigenvalue weighted by Crippen LogP contribution is -2.48. The summed E-state index contributed by atoms with van der Waals surface area (Å²) in [5.41, 5.74) is 4.95. The van der Waals surface area contributed by atoms with E-state index < -0.39 is 0 Å². The summed E-state index contributed by atoms with van der Waals surface area (Å²) in [4.78, 5) is 12.1. The van der Waals surface area contributed by atoms with Crippen LogP contribution in [0, 0.1) is 0 Å². The Balaban J connectivity index is 1.83. The van der Waals surface area contributed by atoms with Crippen LogP contribution in [0.1, 0.15) is 42.1 Å². The number of ether oxygens (including phenoxy) is 1. The molecule has 110 valence electrons. The van der Waals surface area contributed by atoms with Gasteiger partial charge < -0.3 is 4.74 Å². The van der Waals surface area contributed by atoms with Crippen LogP contribution >= 0.6 is 0 Å². The van der Waals surface area contributed by atoms with E-state index in [-0.39, 0.29) is 5.91 Å². The van der Waals surface area contributed by atoms with Gasteiger partial charge in [0.15, 0.2) is 0 Å². The van der Waals surface area contributed by atoms with Crippen molar-refractivity contribution in [2.75, 3.05) is 26.3 Å². The Morgan fingerprint density at radius 1 is 1.20 bits per heavy atom. The fourth-order valence-corrected chi connectivity index (χ4v) is 2.29. The highest BCUT2D eigenvalue weighted by atomic mass is 16.5. The molecule has 0 radical (unpaired) electrons. The summed E-state index contributed by atoms with van der Waals surface area (Å²) in [6, 6.07) is 7.95. The summed E-state index contributed by atoms with van der Waals surface area (Å²) < 4.78 is 5.26. The van der Waals surface area contributed by atoms with E-state index in [2.05, 4.69) is 24.5 Å². The molecule has 1 fully saturated rings. The number of rotatable bonds is 6. The number of hydrazine groups is 1. The molecule has 0 aliphatic carbocycles. The van der Waals surface area contributed by atoms with Gasteiger partial charge in [-0.2, -0.15) is 0 Å². The first-order chi connectivity index (χ1) is 9.79. The number of nitrogens with zero attached hydrogens (tertiary/aromatic N) is 1. The molecule has 1 amide bonds. The third-order valence-electron chi connectivity index (χ3n) is 3.56. The fourth-order valence-electron chi connectivity index (χ4n) is 2.29. The zero-order valence-corrected chi connectivity index (χ0v) is 12.2. The number of unbranched alkanes of at least 4 members (excludes halogenated alkanes) is 2. The van der Waals surface area contributed by atoms with Gasteiger partial charge in [-0.3, -0.25) is 10.2 Å². The van der Waals surface area contributed by atoms with E-state index in [0.717, 1.165) is 25.1 Å². The molecule has 1 aromatic rings. The lowest BCUT2D eigenvalue weighted by atomic mass is 10.1. The zero-order valence-electron chi connectivity index (χ0n) is 12.2. The highest BCUT2D eigenvalue weighted by Crippen LogP contribution is 2.09. The Bertz CT molecular complexity index is 411. The number of nitrogens with one attached hydrogen (secondary N) is 1. The average molecular weight is 276 g/mol. The predicted octanol–water partition coefficient (Wildman–Crippen LogP) is 2.40. The number of morpholine rings is 1. The lowest BCUT2D eigenvalue weighted by Gasteiger charge is -2.26. The summed E-state index contributed by atoms with van der Waals surface area (Å²) in [7, 11) is 0. The second-order valence-electron chi connectivity index (χ2n) is 5.19. The number of amides is 1. The normalized spacial score (nSPS) is 16.1. The Hall–Kier alpha value is -1.39. The molecule has 1 aliphatic heterocycles. The number of carbonyl (C=O) groups excluding carboxylic acids is 1. The van der Waals surface area contributed by atoms with Crippen molar-refractivity contribution in [2.45, 2.75) is 32.6 Å². The maximum atomic E-state index is 12.1. The molecule has 20 heavy (non-hydrogen) atoms. The van der Waals surface area contributed by atoms with Crippen LogP contribution in [0.5, 0.6) is 0 Å². The molecule has 0 aromatic heterocycles. The van der Waals surface area contributed by atoms with Gasteiger partial charge in [0.05, 0.1) is 13.2 Å². The van der Waals surface area contributed by atoms with Crippen LogP contribution in [0.4, 0.5) is 0 Å². The highest BCUT2D eigenvalue weighted by Gasteiger charge is 2.14. The van der Waals surface area contributed by atoms with E-state index >= 15 is 0 Å². The third-order valence-corrected chi connectivity index (χ3v) is 3.56. The standard InChI is InChI=1S/C16H24N2O2/c1-2-3-4-5-14-6-8-15(9-7-14)16(19)17-18-10-12-20-13-11-18/h6-9H,2-5,10-13H2,1H3,(H,17,19). The van der Waals surface area contributed by atoms with Gasteiger partial charge in [0.2, 0.25) is 0 Å². The molecule has 0 unspecified atom stereocenters. The first-order valence-corrected chi connectivity index (χ1v) is 7.52. The van der Waals surface area contributed by atoms with Crippen LogP contribution < -0.4 is 5.43 Å². The van der Waals surface area contributed by atoms with Gasteiger partial charge in [-0.05, 0) is 30.5 Å². The van der Waals surface area contributed by atoms with Crippen molar-refractivity contribution in [1.29, 1.82) is 0 Å². The largest absolute Gasteiger partial charge is 0.379 e. The van der Waals surface area contributed by atoms with Crippen LogP contribution in [-0.4, -0.2) is 37.2 Å². The van der Waals surface area contributed by atoms with E-state index in [1.807, 2.05) is 17.1 Å². The van der Waals surface area contributed by atoms with Gasteiger partial charge in [-0.15, -0.1) is 0 Å². The van der Waals surface area contributed by atoms with E-state index in [1.165, 1.54) is 24.8 Å². The van der Waals surface area contributed by atoms with Crippen molar-refractivity contribution >= 4 is 5.91 Å². The maximum Gasteiger partial charge on any atom is 0.265 e. The maximum absolute atomic E-state index is 12.1. The number of carbonyl (C=O) groups is 1. The Morgan fingerprint density at radius 3 is 2.55 bits per heavy atom. The molecule has 1 heterocycles. The lowest BCUT2D eigenvalue weighted by molar-refractivity contribution is 0.0126. The van der Waals surface area contributed by atoms with Crippen molar-refractivity contribution in [2.24, 2.45) is 0 Å². The molecule has 4 nitrogen and oxygen atoms in total. The molecule has 0 atom stereocenters. The second kappa shape index (κ2) is 8.02. The zero-order chi connectivity index (χ0) is 14.2. The van der Waals surface area contributed by atoms with Gasteiger partial charge in [-0.1, -0.05) is 31.9 Å². The number of benzene rings is 1. The minimum absolute atomic E-state index is 0.0352. The Labute approximate surface area is 121 Å². The SMILES string of the molecule is CCCCCc1ccc(C(=O)NN2CCOCC2)cc1. The molecule has 1 saturated heterocycles. The second-order valence-corrected chi connectivity index (χ2v) is 5.19. The molecule has 1 aromatic carbocycles. The van der Waals surface area contributed by atoms with Gasteiger partial charge in [0.25, 0.3) is 5.91 Å². The monoisotopic (exact) mass is 276 g/mol. The Kier molecular flexibility index (Phi) is 6.02. The topological polar surface area (TPSA) is 41.6 Å². The van der Waals surface area contributed by atoms with Gasteiger partial charge in [0, 0.05) is 18.7 Å². The van der Waals surface area contributed by atoms with Gasteiger partial charge >= 0.3 is 0 Å². The summed E-state index contributed by atoms with van der Waals surface area (Å²) in [5.74, 6) is -0.0352. The molecular weight excluding hydrogens is 252 g/mol. The van der Waals surface area contributed by atoms with Crippen LogP contribution in [0.25, 0.3) is 0 Å². The minimum Gasteiger partial charge on any atom is -0.379 e. The van der Waals surface area contributed by atoms with Crippen molar-refractivity contribution in [3.05, 3.63) is 35.4 Å². The van der Waals surface area contributed by atoms with Crippen molar-refractivity contribution in [3.8, 4) is 0 Å². The van der Waals surface area contributed by atoms with Gasteiger partial charge in [0.1, 0.15) is 0 Å². The van der Waals surface area contributed by atoms with Crippen molar-refractivity contribution in [3.63, 3.8) is 0 Å². The van der Waals surface area contributed by atoms with Gasteiger partial charge in [-0.25, -0.2) is 5.01 Å². The summed E-state index contributed by atoms with van der Waals surface area (Å²) in [6.45, 7) is 5.06. The number of hydrogen-bond donors (Lipinski definition) is 1. The molecule has 1 N–H and O–H groups in total. The first-order valence-electron chi connectivity index (χ1n) is 7.52. The van der Waals surface area contributed by atoms with Crippen LogP contribution in [0.3, 0.4) is 0 Å². The third kappa shape index (κ3) is 4.62. The molecule has 4 heteroatoms.